The average molecular weight is 343 g/mol. The van der Waals surface area contributed by atoms with Gasteiger partial charge in [-0.25, -0.2) is 9.78 Å². The van der Waals surface area contributed by atoms with E-state index >= 15 is 0 Å². The summed E-state index contributed by atoms with van der Waals surface area (Å²) in [6.07, 6.45) is 1.66. The first-order valence-corrected chi connectivity index (χ1v) is 8.15. The van der Waals surface area contributed by atoms with E-state index in [0.29, 0.717) is 12.4 Å². The number of carbonyl (C=O) groups is 1. The number of methoxy groups -OCH3 is 1. The van der Waals surface area contributed by atoms with Gasteiger partial charge in [0.1, 0.15) is 0 Å². The van der Waals surface area contributed by atoms with Gasteiger partial charge in [-0.1, -0.05) is 50.2 Å². The number of urea groups is 1. The van der Waals surface area contributed by atoms with Crippen molar-refractivity contribution in [2.75, 3.05) is 13.7 Å². The molecule has 1 aromatic carbocycles. The van der Waals surface area contributed by atoms with Gasteiger partial charge < -0.3 is 20.5 Å². The van der Waals surface area contributed by atoms with Gasteiger partial charge in [0.25, 0.3) is 0 Å². The Kier molecular flexibility index (Phi) is 6.36. The number of rotatable bonds is 7. The lowest BCUT2D eigenvalue weighted by molar-refractivity contribution is 0.118. The van der Waals surface area contributed by atoms with Gasteiger partial charge in [0.15, 0.2) is 0 Å². The molecule has 3 N–H and O–H groups in total. The fourth-order valence-corrected chi connectivity index (χ4v) is 2.47. The summed E-state index contributed by atoms with van der Waals surface area (Å²) in [5, 5.41) is 15.5. The third-order valence-corrected chi connectivity index (χ3v) is 4.06. The molecule has 1 aromatic heterocycles. The van der Waals surface area contributed by atoms with Gasteiger partial charge >= 0.3 is 6.03 Å². The quantitative estimate of drug-likeness (QED) is 0.722. The van der Waals surface area contributed by atoms with Crippen molar-refractivity contribution in [1.29, 1.82) is 0 Å². The largest absolute Gasteiger partial charge is 0.481 e. The molecular weight excluding hydrogens is 318 g/mol. The van der Waals surface area contributed by atoms with Crippen molar-refractivity contribution in [2.24, 2.45) is 5.41 Å². The molecule has 0 aliphatic heterocycles. The first kappa shape index (κ1) is 18.7. The third-order valence-electron chi connectivity index (χ3n) is 4.06. The topological polar surface area (TPSA) is 83.5 Å². The minimum atomic E-state index is -0.500. The van der Waals surface area contributed by atoms with E-state index in [1.165, 1.54) is 0 Å². The van der Waals surface area contributed by atoms with Crippen LogP contribution in [0.15, 0.2) is 48.7 Å². The first-order chi connectivity index (χ1) is 12.0. The number of carbonyl (C=O) groups excluding carboxylic acids is 1. The van der Waals surface area contributed by atoms with Crippen LogP contribution >= 0.6 is 0 Å². The van der Waals surface area contributed by atoms with Crippen molar-refractivity contribution in [3.63, 3.8) is 0 Å². The van der Waals surface area contributed by atoms with Crippen LogP contribution in [0.1, 0.15) is 31.0 Å². The second-order valence-electron chi connectivity index (χ2n) is 6.53. The summed E-state index contributed by atoms with van der Waals surface area (Å²) < 4.78 is 5.01. The molecule has 0 bridgehead atoms. The van der Waals surface area contributed by atoms with Crippen LogP contribution in [0.5, 0.6) is 5.88 Å². The van der Waals surface area contributed by atoms with Gasteiger partial charge in [0.2, 0.25) is 5.88 Å². The van der Waals surface area contributed by atoms with Gasteiger partial charge in [-0.15, -0.1) is 0 Å². The monoisotopic (exact) mass is 343 g/mol. The lowest BCUT2D eigenvalue weighted by atomic mass is 9.81. The highest BCUT2D eigenvalue weighted by atomic mass is 16.5. The minimum Gasteiger partial charge on any atom is -0.481 e. The smallest absolute Gasteiger partial charge is 0.315 e. The maximum atomic E-state index is 12.3. The summed E-state index contributed by atoms with van der Waals surface area (Å²) >= 11 is 0. The van der Waals surface area contributed by atoms with E-state index in [9.17, 15) is 9.90 Å². The zero-order valence-corrected chi connectivity index (χ0v) is 14.8. The minimum absolute atomic E-state index is 0.0464. The number of aromatic nitrogens is 1. The molecule has 0 aliphatic rings. The normalized spacial score (nSPS) is 12.3. The fraction of sp³-hybridized carbons (Fsp3) is 0.368. The van der Waals surface area contributed by atoms with E-state index in [4.69, 9.17) is 4.74 Å². The number of aliphatic hydroxyl groups is 1. The van der Waals surface area contributed by atoms with Crippen molar-refractivity contribution in [3.05, 3.63) is 59.8 Å². The molecule has 1 atom stereocenters. The Morgan fingerprint density at radius 2 is 1.96 bits per heavy atom. The summed E-state index contributed by atoms with van der Waals surface area (Å²) in [6.45, 7) is 4.13. The number of hydrogen-bond donors (Lipinski definition) is 3. The van der Waals surface area contributed by atoms with Crippen LogP contribution in [0.4, 0.5) is 4.79 Å². The van der Waals surface area contributed by atoms with E-state index in [1.54, 1.807) is 19.4 Å². The second kappa shape index (κ2) is 8.48. The van der Waals surface area contributed by atoms with Crippen LogP contribution < -0.4 is 15.4 Å². The molecule has 2 rings (SSSR count). The maximum Gasteiger partial charge on any atom is 0.315 e. The summed E-state index contributed by atoms with van der Waals surface area (Å²) in [5.74, 6) is 0.530. The maximum absolute atomic E-state index is 12.3. The predicted molar refractivity (Wildman–Crippen MR) is 96.2 cm³/mol. The molecule has 0 fully saturated rings. The molecule has 0 radical (unpaired) electrons. The van der Waals surface area contributed by atoms with Crippen LogP contribution in [0.2, 0.25) is 0 Å². The number of nitrogens with one attached hydrogen (secondary N) is 2. The van der Waals surface area contributed by atoms with Gasteiger partial charge in [0.05, 0.1) is 19.8 Å². The van der Waals surface area contributed by atoms with Crippen LogP contribution in [0, 0.1) is 5.41 Å². The number of ether oxygens (including phenoxy) is 1. The molecule has 1 heterocycles. The van der Waals surface area contributed by atoms with Gasteiger partial charge in [-0.05, 0) is 11.1 Å². The molecule has 1 unspecified atom stereocenters. The number of nitrogens with zero attached hydrogens (tertiary/aromatic N) is 1. The van der Waals surface area contributed by atoms with E-state index in [1.807, 2.05) is 50.2 Å². The van der Waals surface area contributed by atoms with Crippen molar-refractivity contribution >= 4 is 6.03 Å². The number of pyridine rings is 1. The van der Waals surface area contributed by atoms with Crippen molar-refractivity contribution in [3.8, 4) is 5.88 Å². The summed E-state index contributed by atoms with van der Waals surface area (Å²) in [5.41, 5.74) is 1.32. The highest BCUT2D eigenvalue weighted by Gasteiger charge is 2.31. The Bertz CT molecular complexity index is 672. The standard InChI is InChI=1S/C19H25N3O3/c1-19(2,13-23)17(15-7-5-4-6-8-15)22-18(24)21-12-14-9-10-16(25-3)20-11-14/h4-11,17,23H,12-13H2,1-3H3,(H2,21,22,24). The van der Waals surface area contributed by atoms with Gasteiger partial charge in [-0.2, -0.15) is 0 Å². The van der Waals surface area contributed by atoms with Crippen LogP contribution in [-0.4, -0.2) is 29.8 Å². The molecule has 0 aliphatic carbocycles. The molecule has 6 heteroatoms. The van der Waals surface area contributed by atoms with Gasteiger partial charge in [-0.3, -0.25) is 0 Å². The Hall–Kier alpha value is -2.60. The van der Waals surface area contributed by atoms with E-state index in [-0.39, 0.29) is 18.7 Å². The number of hydrogen-bond acceptors (Lipinski definition) is 4. The van der Waals surface area contributed by atoms with E-state index < -0.39 is 5.41 Å². The van der Waals surface area contributed by atoms with E-state index in [0.717, 1.165) is 11.1 Å². The van der Waals surface area contributed by atoms with Crippen molar-refractivity contribution in [1.82, 2.24) is 15.6 Å². The Balaban J connectivity index is 2.01. The molecule has 0 saturated carbocycles. The Morgan fingerprint density at radius 1 is 1.24 bits per heavy atom. The molecule has 0 spiro atoms. The molecule has 134 valence electrons. The van der Waals surface area contributed by atoms with Crippen molar-refractivity contribution in [2.45, 2.75) is 26.4 Å². The SMILES string of the molecule is COc1ccc(CNC(=O)NC(c2ccccc2)C(C)(C)CO)cn1. The summed E-state index contributed by atoms with van der Waals surface area (Å²) in [6, 6.07) is 12.6. The molecular formula is C19H25N3O3. The molecule has 2 aromatic rings. The predicted octanol–water partition coefficient (Wildman–Crippen LogP) is 2.65. The summed E-state index contributed by atoms with van der Waals surface area (Å²) in [7, 11) is 1.56. The first-order valence-electron chi connectivity index (χ1n) is 8.15. The molecule has 0 saturated heterocycles. The average Bonchev–Trinajstić information content (AvgIpc) is 2.65. The molecule has 2 amide bonds. The van der Waals surface area contributed by atoms with E-state index in [2.05, 4.69) is 15.6 Å². The number of benzene rings is 1. The molecule has 6 nitrogen and oxygen atoms in total. The number of amides is 2. The molecule has 25 heavy (non-hydrogen) atoms. The third kappa shape index (κ3) is 5.19. The zero-order chi connectivity index (χ0) is 18.3. The fourth-order valence-electron chi connectivity index (χ4n) is 2.47. The second-order valence-corrected chi connectivity index (χ2v) is 6.53. The number of aliphatic hydroxyl groups excluding tert-OH is 1. The van der Waals surface area contributed by atoms with Gasteiger partial charge in [0, 0.05) is 24.2 Å². The van der Waals surface area contributed by atoms with Crippen LogP contribution in [0.25, 0.3) is 0 Å². The lowest BCUT2D eigenvalue weighted by Gasteiger charge is -2.33. The Morgan fingerprint density at radius 3 is 2.52 bits per heavy atom. The highest BCUT2D eigenvalue weighted by molar-refractivity contribution is 5.74. The van der Waals surface area contributed by atoms with Crippen molar-refractivity contribution < 1.29 is 14.6 Å². The van der Waals surface area contributed by atoms with Crippen LogP contribution in [0.3, 0.4) is 0 Å². The Labute approximate surface area is 148 Å². The zero-order valence-electron chi connectivity index (χ0n) is 14.8. The highest BCUT2D eigenvalue weighted by Crippen LogP contribution is 2.32. The lowest BCUT2D eigenvalue weighted by Crippen LogP contribution is -2.44. The summed E-state index contributed by atoms with van der Waals surface area (Å²) in [4.78, 5) is 16.4. The van der Waals surface area contributed by atoms with Crippen LogP contribution in [-0.2, 0) is 6.54 Å².